The van der Waals surface area contributed by atoms with Crippen LogP contribution in [0.4, 0.5) is 0 Å². The first-order chi connectivity index (χ1) is 11.5. The minimum Gasteiger partial charge on any atom is -0.369 e. The molecular weight excluding hydrogens is 322 g/mol. The van der Waals surface area contributed by atoms with Crippen LogP contribution in [0.1, 0.15) is 26.7 Å². The van der Waals surface area contributed by atoms with Gasteiger partial charge in [0.05, 0.1) is 11.8 Å². The summed E-state index contributed by atoms with van der Waals surface area (Å²) in [6.07, 6.45) is 1.72. The fourth-order valence-electron chi connectivity index (χ4n) is 2.88. The summed E-state index contributed by atoms with van der Waals surface area (Å²) in [5.74, 6) is 0.0639. The van der Waals surface area contributed by atoms with Gasteiger partial charge in [0.1, 0.15) is 0 Å². The SMILES string of the molecule is CC(C)[C@H](Sc1ccccc1)C(=O)NC1CCN(CC(N)=O)CC1. The average molecular weight is 350 g/mol. The first-order valence-corrected chi connectivity index (χ1v) is 9.36. The molecule has 2 rings (SSSR count). The van der Waals surface area contributed by atoms with Crippen molar-refractivity contribution in [3.05, 3.63) is 30.3 Å². The van der Waals surface area contributed by atoms with E-state index in [-0.39, 0.29) is 29.0 Å². The molecule has 1 aliphatic heterocycles. The van der Waals surface area contributed by atoms with Crippen LogP contribution >= 0.6 is 11.8 Å². The third-order valence-electron chi connectivity index (χ3n) is 4.18. The molecule has 132 valence electrons. The number of likely N-dealkylation sites (tertiary alicyclic amines) is 1. The van der Waals surface area contributed by atoms with Gasteiger partial charge in [-0.05, 0) is 30.9 Å². The Morgan fingerprint density at radius 1 is 1.25 bits per heavy atom. The molecule has 0 spiro atoms. The van der Waals surface area contributed by atoms with E-state index in [1.54, 1.807) is 11.8 Å². The van der Waals surface area contributed by atoms with E-state index in [2.05, 4.69) is 19.2 Å². The highest BCUT2D eigenvalue weighted by Crippen LogP contribution is 2.28. The molecule has 24 heavy (non-hydrogen) atoms. The van der Waals surface area contributed by atoms with Gasteiger partial charge in [-0.1, -0.05) is 32.0 Å². The summed E-state index contributed by atoms with van der Waals surface area (Å²) in [7, 11) is 0. The first-order valence-electron chi connectivity index (χ1n) is 8.48. The van der Waals surface area contributed by atoms with Crippen LogP contribution in [0.25, 0.3) is 0 Å². The number of nitrogens with zero attached hydrogens (tertiary/aromatic N) is 1. The van der Waals surface area contributed by atoms with Crippen molar-refractivity contribution in [3.63, 3.8) is 0 Å². The highest BCUT2D eigenvalue weighted by Gasteiger charge is 2.27. The molecule has 0 saturated carbocycles. The molecule has 1 aromatic carbocycles. The zero-order chi connectivity index (χ0) is 17.5. The Hall–Kier alpha value is -1.53. The number of piperidine rings is 1. The number of carbonyl (C=O) groups excluding carboxylic acids is 2. The van der Waals surface area contributed by atoms with Crippen LogP contribution in [0.5, 0.6) is 0 Å². The normalized spacial score (nSPS) is 17.6. The Balaban J connectivity index is 1.86. The van der Waals surface area contributed by atoms with Crippen molar-refractivity contribution < 1.29 is 9.59 Å². The maximum atomic E-state index is 12.7. The van der Waals surface area contributed by atoms with E-state index in [1.165, 1.54) is 0 Å². The maximum absolute atomic E-state index is 12.7. The van der Waals surface area contributed by atoms with Crippen LogP contribution in [0, 0.1) is 5.92 Å². The Bertz CT molecular complexity index is 542. The monoisotopic (exact) mass is 349 g/mol. The van der Waals surface area contributed by atoms with Gasteiger partial charge < -0.3 is 11.1 Å². The molecule has 0 radical (unpaired) electrons. The summed E-state index contributed by atoms with van der Waals surface area (Å²) in [6, 6.07) is 10.2. The van der Waals surface area contributed by atoms with Gasteiger partial charge in [-0.3, -0.25) is 14.5 Å². The van der Waals surface area contributed by atoms with Crippen LogP contribution < -0.4 is 11.1 Å². The predicted octanol–water partition coefficient (Wildman–Crippen LogP) is 1.87. The molecule has 1 aromatic rings. The van der Waals surface area contributed by atoms with Crippen molar-refractivity contribution in [3.8, 4) is 0 Å². The summed E-state index contributed by atoms with van der Waals surface area (Å²) in [5, 5.41) is 3.09. The highest BCUT2D eigenvalue weighted by atomic mass is 32.2. The third kappa shape index (κ3) is 5.83. The maximum Gasteiger partial charge on any atom is 0.233 e. The van der Waals surface area contributed by atoms with Crippen LogP contribution in [0.2, 0.25) is 0 Å². The Kier molecular flexibility index (Phi) is 7.12. The summed E-state index contributed by atoms with van der Waals surface area (Å²) < 4.78 is 0. The summed E-state index contributed by atoms with van der Waals surface area (Å²) in [4.78, 5) is 26.8. The standard InChI is InChI=1S/C18H27N3O2S/c1-13(2)17(24-15-6-4-3-5-7-15)18(23)20-14-8-10-21(11-9-14)12-16(19)22/h3-7,13-14,17H,8-12H2,1-2H3,(H2,19,22)(H,20,23)/t17-/m0/s1. The van der Waals surface area contributed by atoms with Gasteiger partial charge >= 0.3 is 0 Å². The van der Waals surface area contributed by atoms with Crippen LogP contribution in [0.3, 0.4) is 0 Å². The Morgan fingerprint density at radius 3 is 2.42 bits per heavy atom. The van der Waals surface area contributed by atoms with Crippen LogP contribution in [-0.2, 0) is 9.59 Å². The van der Waals surface area contributed by atoms with E-state index < -0.39 is 0 Å². The molecule has 6 heteroatoms. The quantitative estimate of drug-likeness (QED) is 0.737. The fourth-order valence-corrected chi connectivity index (χ4v) is 3.93. The second-order valence-electron chi connectivity index (χ2n) is 6.62. The predicted molar refractivity (Wildman–Crippen MR) is 97.7 cm³/mol. The van der Waals surface area contributed by atoms with Gasteiger partial charge in [0.25, 0.3) is 0 Å². The van der Waals surface area contributed by atoms with Crippen molar-refractivity contribution >= 4 is 23.6 Å². The smallest absolute Gasteiger partial charge is 0.233 e. The molecule has 0 aromatic heterocycles. The zero-order valence-electron chi connectivity index (χ0n) is 14.4. The lowest BCUT2D eigenvalue weighted by atomic mass is 10.0. The summed E-state index contributed by atoms with van der Waals surface area (Å²) in [5.41, 5.74) is 5.23. The van der Waals surface area contributed by atoms with Crippen molar-refractivity contribution in [2.75, 3.05) is 19.6 Å². The lowest BCUT2D eigenvalue weighted by molar-refractivity contribution is -0.123. The molecule has 1 heterocycles. The molecule has 0 unspecified atom stereocenters. The number of rotatable bonds is 7. The van der Waals surface area contributed by atoms with Crippen LogP contribution in [0.15, 0.2) is 35.2 Å². The minimum atomic E-state index is -0.295. The van der Waals surface area contributed by atoms with Gasteiger partial charge in [0.15, 0.2) is 0 Å². The van der Waals surface area contributed by atoms with Gasteiger partial charge in [-0.2, -0.15) is 0 Å². The molecule has 2 amide bonds. The Labute approximate surface area is 148 Å². The average Bonchev–Trinajstić information content (AvgIpc) is 2.54. The van der Waals surface area contributed by atoms with E-state index in [9.17, 15) is 9.59 Å². The molecular formula is C18H27N3O2S. The number of amides is 2. The number of primary amides is 1. The number of nitrogens with two attached hydrogens (primary N) is 1. The first kappa shape index (κ1) is 18.8. The molecule has 1 fully saturated rings. The second kappa shape index (κ2) is 9.08. The lowest BCUT2D eigenvalue weighted by Gasteiger charge is -2.32. The number of hydrogen-bond donors (Lipinski definition) is 2. The molecule has 1 atom stereocenters. The van der Waals surface area contributed by atoms with Crippen molar-refractivity contribution in [2.24, 2.45) is 11.7 Å². The topological polar surface area (TPSA) is 75.4 Å². The van der Waals surface area contributed by atoms with Crippen molar-refractivity contribution in [2.45, 2.75) is 42.9 Å². The van der Waals surface area contributed by atoms with E-state index in [0.717, 1.165) is 30.8 Å². The molecule has 1 aliphatic rings. The number of nitrogens with one attached hydrogen (secondary N) is 1. The number of hydrogen-bond acceptors (Lipinski definition) is 4. The van der Waals surface area contributed by atoms with E-state index in [4.69, 9.17) is 5.73 Å². The molecule has 0 aliphatic carbocycles. The number of thioether (sulfide) groups is 1. The molecule has 0 bridgehead atoms. The summed E-state index contributed by atoms with van der Waals surface area (Å²) >= 11 is 1.62. The molecule has 5 nitrogen and oxygen atoms in total. The van der Waals surface area contributed by atoms with Gasteiger partial charge in [-0.25, -0.2) is 0 Å². The van der Waals surface area contributed by atoms with Crippen molar-refractivity contribution in [1.82, 2.24) is 10.2 Å². The van der Waals surface area contributed by atoms with E-state index in [1.807, 2.05) is 35.2 Å². The van der Waals surface area contributed by atoms with E-state index in [0.29, 0.717) is 6.54 Å². The van der Waals surface area contributed by atoms with Gasteiger partial charge in [0, 0.05) is 24.0 Å². The van der Waals surface area contributed by atoms with E-state index >= 15 is 0 Å². The zero-order valence-corrected chi connectivity index (χ0v) is 15.2. The van der Waals surface area contributed by atoms with Crippen molar-refractivity contribution in [1.29, 1.82) is 0 Å². The Morgan fingerprint density at radius 2 is 1.88 bits per heavy atom. The summed E-state index contributed by atoms with van der Waals surface area (Å²) in [6.45, 7) is 6.06. The van der Waals surface area contributed by atoms with Crippen LogP contribution in [-0.4, -0.2) is 47.6 Å². The fraction of sp³-hybridized carbons (Fsp3) is 0.556. The van der Waals surface area contributed by atoms with Gasteiger partial charge in [-0.15, -0.1) is 11.8 Å². The molecule has 1 saturated heterocycles. The second-order valence-corrected chi connectivity index (χ2v) is 7.84. The third-order valence-corrected chi connectivity index (χ3v) is 5.74. The molecule has 3 N–H and O–H groups in total. The lowest BCUT2D eigenvalue weighted by Crippen LogP contribution is -2.49. The number of benzene rings is 1. The van der Waals surface area contributed by atoms with Gasteiger partial charge in [0.2, 0.25) is 11.8 Å². The highest BCUT2D eigenvalue weighted by molar-refractivity contribution is 8.00. The largest absolute Gasteiger partial charge is 0.369 e. The number of carbonyl (C=O) groups is 2. The minimum absolute atomic E-state index is 0.101.